The lowest BCUT2D eigenvalue weighted by Gasteiger charge is -2.48. The van der Waals surface area contributed by atoms with Crippen molar-refractivity contribution in [2.24, 2.45) is 5.92 Å². The van der Waals surface area contributed by atoms with Crippen molar-refractivity contribution in [3.05, 3.63) is 35.9 Å². The van der Waals surface area contributed by atoms with E-state index in [0.29, 0.717) is 12.1 Å². The zero-order chi connectivity index (χ0) is 20.7. The lowest BCUT2D eigenvalue weighted by molar-refractivity contribution is -0.125. The normalized spacial score (nSPS) is 20.8. The van der Waals surface area contributed by atoms with Crippen LogP contribution in [0.2, 0.25) is 0 Å². The van der Waals surface area contributed by atoms with Crippen LogP contribution in [0.4, 0.5) is 0 Å². The molecule has 6 heteroatoms. The van der Waals surface area contributed by atoms with Crippen LogP contribution in [0.1, 0.15) is 56.3 Å². The zero-order valence-corrected chi connectivity index (χ0v) is 17.8. The summed E-state index contributed by atoms with van der Waals surface area (Å²) in [6.07, 6.45) is 5.88. The van der Waals surface area contributed by atoms with Gasteiger partial charge in [0.05, 0.1) is 13.2 Å². The number of morpholine rings is 1. The molecular formula is C23H35N3O3. The number of carbonyl (C=O) groups excluding carboxylic acids is 2. The second-order valence-electron chi connectivity index (χ2n) is 8.66. The van der Waals surface area contributed by atoms with E-state index in [9.17, 15) is 9.59 Å². The Morgan fingerprint density at radius 2 is 1.72 bits per heavy atom. The number of rotatable bonds is 7. The smallest absolute Gasteiger partial charge is 0.251 e. The van der Waals surface area contributed by atoms with Crippen LogP contribution in [0.25, 0.3) is 0 Å². The summed E-state index contributed by atoms with van der Waals surface area (Å²) in [5.41, 5.74) is 0.589. The number of benzene rings is 1. The summed E-state index contributed by atoms with van der Waals surface area (Å²) in [6.45, 7) is 7.94. The van der Waals surface area contributed by atoms with Crippen LogP contribution >= 0.6 is 0 Å². The Morgan fingerprint density at radius 1 is 1.07 bits per heavy atom. The first-order valence-corrected chi connectivity index (χ1v) is 11.0. The Morgan fingerprint density at radius 3 is 2.34 bits per heavy atom. The highest BCUT2D eigenvalue weighted by Crippen LogP contribution is 2.34. The lowest BCUT2D eigenvalue weighted by Crippen LogP contribution is -2.61. The van der Waals surface area contributed by atoms with Crippen LogP contribution < -0.4 is 10.6 Å². The standard InChI is InChI=1S/C23H35N3O3/c1-18(2)20(25-21(27)19-9-5-3-6-10-19)22(28)24-17-23(11-7-4-8-12-23)26-13-15-29-16-14-26/h3,5-6,9-10,18,20H,4,7-8,11-17H2,1-2H3,(H,24,28)(H,25,27). The minimum atomic E-state index is -0.548. The van der Waals surface area contributed by atoms with Crippen LogP contribution in [0.15, 0.2) is 30.3 Å². The summed E-state index contributed by atoms with van der Waals surface area (Å²) in [6, 6.07) is 8.51. The van der Waals surface area contributed by atoms with Gasteiger partial charge in [-0.2, -0.15) is 0 Å². The van der Waals surface area contributed by atoms with E-state index in [1.165, 1.54) is 19.3 Å². The van der Waals surface area contributed by atoms with E-state index < -0.39 is 6.04 Å². The van der Waals surface area contributed by atoms with E-state index in [-0.39, 0.29) is 23.3 Å². The van der Waals surface area contributed by atoms with E-state index in [0.717, 1.165) is 39.1 Å². The summed E-state index contributed by atoms with van der Waals surface area (Å²) in [7, 11) is 0. The van der Waals surface area contributed by atoms with Gasteiger partial charge in [-0.1, -0.05) is 51.3 Å². The Labute approximate surface area is 174 Å². The van der Waals surface area contributed by atoms with Gasteiger partial charge in [0.2, 0.25) is 5.91 Å². The molecule has 29 heavy (non-hydrogen) atoms. The van der Waals surface area contributed by atoms with Crippen molar-refractivity contribution in [3.8, 4) is 0 Å². The molecule has 0 spiro atoms. The monoisotopic (exact) mass is 401 g/mol. The molecule has 2 amide bonds. The topological polar surface area (TPSA) is 70.7 Å². The van der Waals surface area contributed by atoms with Gasteiger partial charge in [-0.15, -0.1) is 0 Å². The molecule has 1 unspecified atom stereocenters. The molecule has 1 saturated carbocycles. The van der Waals surface area contributed by atoms with E-state index >= 15 is 0 Å². The molecule has 2 aliphatic rings. The van der Waals surface area contributed by atoms with Crippen molar-refractivity contribution < 1.29 is 14.3 Å². The Kier molecular flexibility index (Phi) is 7.67. The quantitative estimate of drug-likeness (QED) is 0.737. The van der Waals surface area contributed by atoms with Gasteiger partial charge in [0.1, 0.15) is 6.04 Å². The van der Waals surface area contributed by atoms with E-state index in [1.54, 1.807) is 12.1 Å². The first-order valence-electron chi connectivity index (χ1n) is 11.0. The maximum Gasteiger partial charge on any atom is 0.251 e. The Balaban J connectivity index is 1.64. The fourth-order valence-electron chi connectivity index (χ4n) is 4.56. The van der Waals surface area contributed by atoms with Gasteiger partial charge in [-0.25, -0.2) is 0 Å². The third-order valence-corrected chi connectivity index (χ3v) is 6.33. The molecule has 6 nitrogen and oxygen atoms in total. The van der Waals surface area contributed by atoms with E-state index in [1.807, 2.05) is 32.0 Å². The maximum absolute atomic E-state index is 13.1. The number of hydrogen-bond donors (Lipinski definition) is 2. The molecule has 1 saturated heterocycles. The van der Waals surface area contributed by atoms with Crippen LogP contribution in [0, 0.1) is 5.92 Å². The van der Waals surface area contributed by atoms with Gasteiger partial charge in [0.15, 0.2) is 0 Å². The van der Waals surface area contributed by atoms with Gasteiger partial charge >= 0.3 is 0 Å². The zero-order valence-electron chi connectivity index (χ0n) is 17.8. The largest absolute Gasteiger partial charge is 0.379 e. The molecular weight excluding hydrogens is 366 g/mol. The van der Waals surface area contributed by atoms with Gasteiger partial charge in [0.25, 0.3) is 5.91 Å². The first-order chi connectivity index (χ1) is 14.0. The van der Waals surface area contributed by atoms with Gasteiger partial charge in [0, 0.05) is 30.7 Å². The summed E-state index contributed by atoms with van der Waals surface area (Å²) < 4.78 is 5.54. The summed E-state index contributed by atoms with van der Waals surface area (Å²) in [5.74, 6) is -0.296. The number of hydrogen-bond acceptors (Lipinski definition) is 4. The van der Waals surface area contributed by atoms with Crippen LogP contribution in [-0.2, 0) is 9.53 Å². The molecule has 0 radical (unpaired) electrons. The Hall–Kier alpha value is -1.92. The second kappa shape index (κ2) is 10.2. The number of ether oxygens (including phenoxy) is 1. The number of nitrogens with zero attached hydrogens (tertiary/aromatic N) is 1. The molecule has 1 atom stereocenters. The molecule has 3 rings (SSSR count). The highest BCUT2D eigenvalue weighted by atomic mass is 16.5. The molecule has 0 bridgehead atoms. The molecule has 1 heterocycles. The van der Waals surface area contributed by atoms with E-state index in [4.69, 9.17) is 4.74 Å². The minimum Gasteiger partial charge on any atom is -0.379 e. The maximum atomic E-state index is 13.1. The first kappa shape index (κ1) is 21.8. The summed E-state index contributed by atoms with van der Waals surface area (Å²) in [5, 5.41) is 6.12. The van der Waals surface area contributed by atoms with Crippen LogP contribution in [0.5, 0.6) is 0 Å². The fourth-order valence-corrected chi connectivity index (χ4v) is 4.56. The number of nitrogens with one attached hydrogen (secondary N) is 2. The highest BCUT2D eigenvalue weighted by Gasteiger charge is 2.39. The molecule has 160 valence electrons. The molecule has 1 aromatic rings. The predicted octanol–water partition coefficient (Wildman–Crippen LogP) is 2.59. The highest BCUT2D eigenvalue weighted by molar-refractivity contribution is 5.97. The second-order valence-corrected chi connectivity index (χ2v) is 8.66. The van der Waals surface area contributed by atoms with Gasteiger partial charge in [-0.05, 0) is 30.9 Å². The third-order valence-electron chi connectivity index (χ3n) is 6.33. The van der Waals surface area contributed by atoms with Crippen molar-refractivity contribution in [2.45, 2.75) is 57.5 Å². The van der Waals surface area contributed by atoms with Crippen molar-refractivity contribution in [2.75, 3.05) is 32.8 Å². The van der Waals surface area contributed by atoms with Crippen molar-refractivity contribution in [3.63, 3.8) is 0 Å². The molecule has 0 aromatic heterocycles. The van der Waals surface area contributed by atoms with Crippen molar-refractivity contribution >= 4 is 11.8 Å². The lowest BCUT2D eigenvalue weighted by atomic mass is 9.79. The SMILES string of the molecule is CC(C)C(NC(=O)c1ccccc1)C(=O)NCC1(N2CCOCC2)CCCCC1. The fraction of sp³-hybridized carbons (Fsp3) is 0.652. The molecule has 1 aliphatic heterocycles. The Bertz CT molecular complexity index is 665. The number of amides is 2. The molecule has 2 N–H and O–H groups in total. The molecule has 1 aliphatic carbocycles. The predicted molar refractivity (Wildman–Crippen MR) is 114 cm³/mol. The van der Waals surface area contributed by atoms with Crippen molar-refractivity contribution in [1.29, 1.82) is 0 Å². The average molecular weight is 402 g/mol. The van der Waals surface area contributed by atoms with Crippen molar-refractivity contribution in [1.82, 2.24) is 15.5 Å². The van der Waals surface area contributed by atoms with E-state index in [2.05, 4.69) is 15.5 Å². The molecule has 1 aromatic carbocycles. The third kappa shape index (κ3) is 5.58. The van der Waals surface area contributed by atoms with Crippen LogP contribution in [-0.4, -0.2) is 61.1 Å². The summed E-state index contributed by atoms with van der Waals surface area (Å²) in [4.78, 5) is 28.1. The summed E-state index contributed by atoms with van der Waals surface area (Å²) >= 11 is 0. The van der Waals surface area contributed by atoms with Gasteiger partial charge in [-0.3, -0.25) is 14.5 Å². The molecule has 2 fully saturated rings. The van der Waals surface area contributed by atoms with Gasteiger partial charge < -0.3 is 15.4 Å². The number of carbonyl (C=O) groups is 2. The van der Waals surface area contributed by atoms with Crippen LogP contribution in [0.3, 0.4) is 0 Å². The average Bonchev–Trinajstić information content (AvgIpc) is 2.77. The minimum absolute atomic E-state index is 0.00774.